The van der Waals surface area contributed by atoms with E-state index in [-0.39, 0.29) is 17.6 Å². The topological polar surface area (TPSA) is 123 Å². The fraction of sp³-hybridized carbons (Fsp3) is 0.231. The van der Waals surface area contributed by atoms with Crippen molar-refractivity contribution in [2.24, 2.45) is 0 Å². The first-order chi connectivity index (χ1) is 17.3. The third-order valence-corrected chi connectivity index (χ3v) is 5.87. The number of phenolic OH excluding ortho intramolecular Hbond substituents is 1. The number of nitrogens with one attached hydrogen (secondary N) is 3. The Balaban J connectivity index is 1.45. The summed E-state index contributed by atoms with van der Waals surface area (Å²) in [5, 5.41) is 19.7. The summed E-state index contributed by atoms with van der Waals surface area (Å²) in [6, 6.07) is 12.6. The number of piperazine rings is 1. The molecule has 0 bridgehead atoms. The molecule has 0 unspecified atom stereocenters. The van der Waals surface area contributed by atoms with Gasteiger partial charge in [-0.3, -0.25) is 9.59 Å². The van der Waals surface area contributed by atoms with E-state index >= 15 is 0 Å². The number of amides is 2. The standard InChI is InChI=1S/C26H29N7O3/c1-4-24(36)28-19-6-5-7-20(14-19)29-25-17(2)16-27-26(31-25)30-22-9-8-21(15-23(22)35)33-12-10-32(11-13-33)18(3)34/h4-9,14-16,35H,1,10-13H2,2-3H3,(H,28,36)(H2,27,29,30,31). The van der Waals surface area contributed by atoms with Gasteiger partial charge in [-0.15, -0.1) is 0 Å². The maximum absolute atomic E-state index is 11.6. The normalized spacial score (nSPS) is 13.2. The molecule has 2 amide bonds. The van der Waals surface area contributed by atoms with E-state index in [0.717, 1.165) is 16.9 Å². The zero-order valence-electron chi connectivity index (χ0n) is 20.3. The Labute approximate surface area is 209 Å². The van der Waals surface area contributed by atoms with Crippen LogP contribution in [0.1, 0.15) is 12.5 Å². The minimum Gasteiger partial charge on any atom is -0.506 e. The van der Waals surface area contributed by atoms with Crippen LogP contribution in [0.4, 0.5) is 34.5 Å². The first-order valence-corrected chi connectivity index (χ1v) is 11.6. The Bertz CT molecular complexity index is 1290. The van der Waals surface area contributed by atoms with Gasteiger partial charge in [0.15, 0.2) is 0 Å². The van der Waals surface area contributed by atoms with Crippen molar-refractivity contribution in [2.45, 2.75) is 13.8 Å². The minimum atomic E-state index is -0.291. The molecular formula is C26H29N7O3. The summed E-state index contributed by atoms with van der Waals surface area (Å²) < 4.78 is 0. The second-order valence-corrected chi connectivity index (χ2v) is 8.44. The van der Waals surface area contributed by atoms with Crippen LogP contribution in [0.15, 0.2) is 61.3 Å². The van der Waals surface area contributed by atoms with Gasteiger partial charge in [0.25, 0.3) is 0 Å². The van der Waals surface area contributed by atoms with E-state index in [1.807, 2.05) is 30.0 Å². The van der Waals surface area contributed by atoms with Crippen molar-refractivity contribution in [3.63, 3.8) is 0 Å². The largest absolute Gasteiger partial charge is 0.506 e. The molecule has 0 aliphatic carbocycles. The number of hydrogen-bond donors (Lipinski definition) is 4. The third kappa shape index (κ3) is 5.90. The maximum atomic E-state index is 11.6. The Morgan fingerprint density at radius 3 is 2.50 bits per heavy atom. The van der Waals surface area contributed by atoms with Crippen molar-refractivity contribution in [2.75, 3.05) is 47.0 Å². The second-order valence-electron chi connectivity index (χ2n) is 8.44. The molecule has 10 nitrogen and oxygen atoms in total. The van der Waals surface area contributed by atoms with E-state index in [4.69, 9.17) is 0 Å². The van der Waals surface area contributed by atoms with Gasteiger partial charge < -0.3 is 30.9 Å². The smallest absolute Gasteiger partial charge is 0.247 e. The molecule has 1 aromatic heterocycles. The average molecular weight is 488 g/mol. The van der Waals surface area contributed by atoms with Gasteiger partial charge in [0.1, 0.15) is 11.6 Å². The summed E-state index contributed by atoms with van der Waals surface area (Å²) in [5.74, 6) is 0.763. The maximum Gasteiger partial charge on any atom is 0.247 e. The average Bonchev–Trinajstić information content (AvgIpc) is 2.87. The summed E-state index contributed by atoms with van der Waals surface area (Å²) in [7, 11) is 0. The van der Waals surface area contributed by atoms with Crippen LogP contribution in [0.2, 0.25) is 0 Å². The molecular weight excluding hydrogens is 458 g/mol. The molecule has 1 saturated heterocycles. The molecule has 1 aliphatic rings. The van der Waals surface area contributed by atoms with E-state index in [2.05, 4.69) is 37.4 Å². The summed E-state index contributed by atoms with van der Waals surface area (Å²) in [5.41, 5.74) is 3.55. The molecule has 1 fully saturated rings. The molecule has 2 aromatic carbocycles. The van der Waals surface area contributed by atoms with Crippen molar-refractivity contribution in [3.8, 4) is 5.75 Å². The van der Waals surface area contributed by atoms with E-state index in [9.17, 15) is 14.7 Å². The van der Waals surface area contributed by atoms with E-state index < -0.39 is 0 Å². The highest BCUT2D eigenvalue weighted by Gasteiger charge is 2.19. The van der Waals surface area contributed by atoms with Crippen LogP contribution < -0.4 is 20.9 Å². The monoisotopic (exact) mass is 487 g/mol. The third-order valence-electron chi connectivity index (χ3n) is 5.87. The van der Waals surface area contributed by atoms with E-state index in [0.29, 0.717) is 49.3 Å². The molecule has 10 heteroatoms. The zero-order valence-corrected chi connectivity index (χ0v) is 20.3. The number of aromatic hydroxyl groups is 1. The predicted molar refractivity (Wildman–Crippen MR) is 141 cm³/mol. The van der Waals surface area contributed by atoms with Crippen LogP contribution in [0, 0.1) is 6.92 Å². The van der Waals surface area contributed by atoms with Gasteiger partial charge in [0.2, 0.25) is 17.8 Å². The lowest BCUT2D eigenvalue weighted by Crippen LogP contribution is -2.48. The quantitative estimate of drug-likeness (QED) is 0.293. The molecule has 4 rings (SSSR count). The fourth-order valence-electron chi connectivity index (χ4n) is 3.86. The first kappa shape index (κ1) is 24.5. The van der Waals surface area contributed by atoms with Crippen LogP contribution in [-0.2, 0) is 9.59 Å². The Hall–Kier alpha value is -4.60. The molecule has 0 spiro atoms. The highest BCUT2D eigenvalue weighted by Crippen LogP contribution is 2.31. The molecule has 36 heavy (non-hydrogen) atoms. The fourth-order valence-corrected chi connectivity index (χ4v) is 3.86. The van der Waals surface area contributed by atoms with Gasteiger partial charge >= 0.3 is 0 Å². The number of benzene rings is 2. The van der Waals surface area contributed by atoms with E-state index in [1.165, 1.54) is 6.08 Å². The number of rotatable bonds is 7. The van der Waals surface area contributed by atoms with Crippen LogP contribution in [0.3, 0.4) is 0 Å². The minimum absolute atomic E-state index is 0.0749. The molecule has 0 atom stereocenters. The molecule has 3 aromatic rings. The summed E-state index contributed by atoms with van der Waals surface area (Å²) in [4.78, 5) is 36.0. The van der Waals surface area contributed by atoms with Crippen molar-refractivity contribution in [3.05, 3.63) is 66.9 Å². The zero-order chi connectivity index (χ0) is 25.7. The lowest BCUT2D eigenvalue weighted by atomic mass is 10.2. The Kier molecular flexibility index (Phi) is 7.33. The number of anilines is 6. The van der Waals surface area contributed by atoms with Gasteiger partial charge in [0, 0.05) is 68.0 Å². The molecule has 186 valence electrons. The number of carbonyl (C=O) groups excluding carboxylic acids is 2. The number of phenols is 1. The lowest BCUT2D eigenvalue weighted by molar-refractivity contribution is -0.129. The Morgan fingerprint density at radius 2 is 1.81 bits per heavy atom. The second kappa shape index (κ2) is 10.8. The van der Waals surface area contributed by atoms with Crippen molar-refractivity contribution >= 4 is 46.3 Å². The molecule has 4 N–H and O–H groups in total. The van der Waals surface area contributed by atoms with Crippen LogP contribution >= 0.6 is 0 Å². The van der Waals surface area contributed by atoms with Gasteiger partial charge in [-0.2, -0.15) is 4.98 Å². The van der Waals surface area contributed by atoms with Gasteiger partial charge in [-0.25, -0.2) is 4.98 Å². The predicted octanol–water partition coefficient (Wildman–Crippen LogP) is 3.77. The van der Waals surface area contributed by atoms with Crippen molar-refractivity contribution in [1.82, 2.24) is 14.9 Å². The number of aromatic nitrogens is 2. The summed E-state index contributed by atoms with van der Waals surface area (Å²) >= 11 is 0. The van der Waals surface area contributed by atoms with Gasteiger partial charge in [-0.1, -0.05) is 12.6 Å². The van der Waals surface area contributed by atoms with Crippen molar-refractivity contribution < 1.29 is 14.7 Å². The summed E-state index contributed by atoms with van der Waals surface area (Å²) in [6.45, 7) is 9.66. The van der Waals surface area contributed by atoms with E-state index in [1.54, 1.807) is 37.4 Å². The first-order valence-electron chi connectivity index (χ1n) is 11.6. The Morgan fingerprint density at radius 1 is 1.06 bits per heavy atom. The number of nitrogens with zero attached hydrogens (tertiary/aromatic N) is 4. The number of carbonyl (C=O) groups is 2. The van der Waals surface area contributed by atoms with Crippen molar-refractivity contribution in [1.29, 1.82) is 0 Å². The molecule has 1 aliphatic heterocycles. The summed E-state index contributed by atoms with van der Waals surface area (Å²) in [6.07, 6.45) is 2.89. The van der Waals surface area contributed by atoms with Crippen LogP contribution in [-0.4, -0.2) is 58.0 Å². The molecule has 0 saturated carbocycles. The highest BCUT2D eigenvalue weighted by atomic mass is 16.3. The highest BCUT2D eigenvalue weighted by molar-refractivity contribution is 5.99. The SMILES string of the molecule is C=CC(=O)Nc1cccc(Nc2nc(Nc3ccc(N4CCN(C(C)=O)CC4)cc3O)ncc2C)c1. The molecule has 2 heterocycles. The number of aryl methyl sites for hydroxylation is 1. The van der Waals surface area contributed by atoms with Crippen LogP contribution in [0.5, 0.6) is 5.75 Å². The van der Waals surface area contributed by atoms with Gasteiger partial charge in [-0.05, 0) is 43.3 Å². The lowest BCUT2D eigenvalue weighted by Gasteiger charge is -2.35. The number of hydrogen-bond acceptors (Lipinski definition) is 8. The molecule has 0 radical (unpaired) electrons. The van der Waals surface area contributed by atoms with Crippen LogP contribution in [0.25, 0.3) is 0 Å². The van der Waals surface area contributed by atoms with Gasteiger partial charge in [0.05, 0.1) is 5.69 Å².